The Morgan fingerprint density at radius 2 is 2.17 bits per heavy atom. The number of thiophene rings is 1. The number of amides is 1. The second-order valence-corrected chi connectivity index (χ2v) is 7.44. The third kappa shape index (κ3) is 3.40. The van der Waals surface area contributed by atoms with Crippen molar-refractivity contribution in [1.82, 2.24) is 5.32 Å². The smallest absolute Gasteiger partial charge is 0.339 e. The molecule has 1 fully saturated rings. The van der Waals surface area contributed by atoms with Crippen molar-refractivity contribution >= 4 is 23.2 Å². The van der Waals surface area contributed by atoms with Crippen LogP contribution < -0.4 is 5.32 Å². The van der Waals surface area contributed by atoms with E-state index in [2.05, 4.69) is 11.4 Å². The lowest BCUT2D eigenvalue weighted by Gasteiger charge is -2.22. The summed E-state index contributed by atoms with van der Waals surface area (Å²) in [5.74, 6) is -0.654. The maximum Gasteiger partial charge on any atom is 0.339 e. The summed E-state index contributed by atoms with van der Waals surface area (Å²) in [7, 11) is 0. The van der Waals surface area contributed by atoms with Crippen molar-refractivity contribution in [2.75, 3.05) is 6.61 Å². The fraction of sp³-hybridized carbons (Fsp3) is 0.588. The molecule has 1 N–H and O–H groups in total. The Labute approximate surface area is 139 Å². The highest BCUT2D eigenvalue weighted by Gasteiger charge is 2.43. The van der Waals surface area contributed by atoms with E-state index < -0.39 is 17.4 Å². The SMILES string of the molecule is C[C@@](C#N)(NC(=O)COC(=O)c1csc2c1CCCC2)C1CC1. The van der Waals surface area contributed by atoms with Gasteiger partial charge in [-0.05, 0) is 56.9 Å². The third-order valence-electron chi connectivity index (χ3n) is 4.64. The van der Waals surface area contributed by atoms with Crippen LogP contribution in [0.3, 0.4) is 0 Å². The van der Waals surface area contributed by atoms with E-state index in [1.807, 2.05) is 5.38 Å². The standard InChI is InChI=1S/C17H20N2O3S/c1-17(10-18,11-6-7-11)19-15(20)8-22-16(21)13-9-23-14-5-3-2-4-12(13)14/h9,11H,2-8H2,1H3,(H,19,20)/t17-/m0/s1. The zero-order valence-electron chi connectivity index (χ0n) is 13.2. The largest absolute Gasteiger partial charge is 0.452 e. The van der Waals surface area contributed by atoms with Crippen molar-refractivity contribution < 1.29 is 14.3 Å². The molecule has 6 heteroatoms. The Balaban J connectivity index is 1.56. The number of carbonyl (C=O) groups excluding carboxylic acids is 2. The van der Waals surface area contributed by atoms with Gasteiger partial charge in [-0.3, -0.25) is 4.79 Å². The zero-order valence-corrected chi connectivity index (χ0v) is 14.0. The molecule has 122 valence electrons. The Morgan fingerprint density at radius 1 is 1.43 bits per heavy atom. The van der Waals surface area contributed by atoms with Crippen molar-refractivity contribution in [3.05, 3.63) is 21.4 Å². The molecule has 3 rings (SSSR count). The number of nitrogens with zero attached hydrogens (tertiary/aromatic N) is 1. The quantitative estimate of drug-likeness (QED) is 0.841. The van der Waals surface area contributed by atoms with E-state index in [-0.39, 0.29) is 12.5 Å². The molecular formula is C17H20N2O3S. The molecule has 0 spiro atoms. The number of nitriles is 1. The van der Waals surface area contributed by atoms with Gasteiger partial charge in [0.05, 0.1) is 11.6 Å². The minimum Gasteiger partial charge on any atom is -0.452 e. The molecule has 0 bridgehead atoms. The molecule has 1 saturated carbocycles. The highest BCUT2D eigenvalue weighted by molar-refractivity contribution is 7.10. The number of hydrogen-bond donors (Lipinski definition) is 1. The van der Waals surface area contributed by atoms with Gasteiger partial charge in [0.2, 0.25) is 0 Å². The number of carbonyl (C=O) groups is 2. The van der Waals surface area contributed by atoms with E-state index in [0.717, 1.165) is 44.1 Å². The van der Waals surface area contributed by atoms with Crippen LogP contribution in [0.4, 0.5) is 0 Å². The van der Waals surface area contributed by atoms with Gasteiger partial charge in [-0.15, -0.1) is 11.3 Å². The minimum atomic E-state index is -0.856. The molecule has 23 heavy (non-hydrogen) atoms. The van der Waals surface area contributed by atoms with Crippen LogP contribution in [0, 0.1) is 17.2 Å². The van der Waals surface area contributed by atoms with E-state index in [1.54, 1.807) is 18.3 Å². The summed E-state index contributed by atoms with van der Waals surface area (Å²) >= 11 is 1.60. The maximum atomic E-state index is 12.2. The Kier molecular flexibility index (Phi) is 4.40. The first kappa shape index (κ1) is 16.0. The predicted octanol–water partition coefficient (Wildman–Crippen LogP) is 2.59. The fourth-order valence-corrected chi connectivity index (χ4v) is 4.20. The molecule has 0 radical (unpaired) electrons. The van der Waals surface area contributed by atoms with Gasteiger partial charge in [-0.25, -0.2) is 4.79 Å². The Bertz CT molecular complexity index is 672. The summed E-state index contributed by atoms with van der Waals surface area (Å²) in [5, 5.41) is 13.8. The van der Waals surface area contributed by atoms with E-state index in [0.29, 0.717) is 5.56 Å². The summed E-state index contributed by atoms with van der Waals surface area (Å²) in [6, 6.07) is 2.16. The lowest BCUT2D eigenvalue weighted by Crippen LogP contribution is -2.48. The Morgan fingerprint density at radius 3 is 2.87 bits per heavy atom. The third-order valence-corrected chi connectivity index (χ3v) is 5.73. The summed E-state index contributed by atoms with van der Waals surface area (Å²) in [5.41, 5.74) is 0.833. The van der Waals surface area contributed by atoms with Crippen molar-refractivity contribution in [3.63, 3.8) is 0 Å². The van der Waals surface area contributed by atoms with Gasteiger partial charge in [0.15, 0.2) is 6.61 Å². The van der Waals surface area contributed by atoms with Crippen LogP contribution in [0.15, 0.2) is 5.38 Å². The van der Waals surface area contributed by atoms with Crippen LogP contribution >= 0.6 is 11.3 Å². The normalized spacial score (nSPS) is 19.1. The number of fused-ring (bicyclic) bond motifs is 1. The van der Waals surface area contributed by atoms with E-state index in [4.69, 9.17) is 4.74 Å². The first-order valence-corrected chi connectivity index (χ1v) is 8.90. The lowest BCUT2D eigenvalue weighted by molar-refractivity contribution is -0.125. The Hall–Kier alpha value is -1.87. The molecule has 0 aromatic carbocycles. The summed E-state index contributed by atoms with van der Waals surface area (Å²) in [6.07, 6.45) is 6.08. The molecule has 0 unspecified atom stereocenters. The average molecular weight is 332 g/mol. The van der Waals surface area contributed by atoms with Crippen molar-refractivity contribution in [1.29, 1.82) is 5.26 Å². The van der Waals surface area contributed by atoms with Gasteiger partial charge in [-0.1, -0.05) is 0 Å². The number of aryl methyl sites for hydroxylation is 1. The minimum absolute atomic E-state index is 0.205. The molecule has 1 amide bonds. The average Bonchev–Trinajstić information content (AvgIpc) is 3.33. The molecule has 0 saturated heterocycles. The summed E-state index contributed by atoms with van der Waals surface area (Å²) in [6.45, 7) is 1.38. The first-order chi connectivity index (χ1) is 11.0. The zero-order chi connectivity index (χ0) is 16.4. The first-order valence-electron chi connectivity index (χ1n) is 8.02. The van der Waals surface area contributed by atoms with Crippen LogP contribution in [0.5, 0.6) is 0 Å². The highest BCUT2D eigenvalue weighted by Crippen LogP contribution is 2.39. The highest BCUT2D eigenvalue weighted by atomic mass is 32.1. The monoisotopic (exact) mass is 332 g/mol. The molecule has 1 aromatic rings. The molecule has 1 aromatic heterocycles. The van der Waals surface area contributed by atoms with E-state index in [9.17, 15) is 14.9 Å². The number of ether oxygens (including phenoxy) is 1. The second-order valence-electron chi connectivity index (χ2n) is 6.47. The van der Waals surface area contributed by atoms with Crippen molar-refractivity contribution in [2.24, 2.45) is 5.92 Å². The molecule has 5 nitrogen and oxygen atoms in total. The van der Waals surface area contributed by atoms with Crippen LogP contribution in [-0.2, 0) is 22.4 Å². The maximum absolute atomic E-state index is 12.2. The van der Waals surface area contributed by atoms with Gasteiger partial charge in [-0.2, -0.15) is 5.26 Å². The number of nitrogens with one attached hydrogen (secondary N) is 1. The van der Waals surface area contributed by atoms with E-state index in [1.165, 1.54) is 4.88 Å². The second kappa shape index (κ2) is 6.32. The van der Waals surface area contributed by atoms with E-state index >= 15 is 0 Å². The van der Waals surface area contributed by atoms with Crippen LogP contribution in [0.25, 0.3) is 0 Å². The lowest BCUT2D eigenvalue weighted by atomic mass is 9.96. The van der Waals surface area contributed by atoms with Crippen molar-refractivity contribution in [3.8, 4) is 6.07 Å². The van der Waals surface area contributed by atoms with Gasteiger partial charge in [0.1, 0.15) is 5.54 Å². The number of esters is 1. The summed E-state index contributed by atoms with van der Waals surface area (Å²) < 4.78 is 5.15. The topological polar surface area (TPSA) is 79.2 Å². The molecule has 2 aliphatic rings. The van der Waals surface area contributed by atoms with Crippen LogP contribution in [0.2, 0.25) is 0 Å². The van der Waals surface area contributed by atoms with Crippen LogP contribution in [0.1, 0.15) is 53.4 Å². The molecule has 2 aliphatic carbocycles. The molecule has 0 aliphatic heterocycles. The molecule has 1 heterocycles. The fourth-order valence-electron chi connectivity index (χ4n) is 3.08. The molecule has 1 atom stereocenters. The predicted molar refractivity (Wildman–Crippen MR) is 86.1 cm³/mol. The van der Waals surface area contributed by atoms with Gasteiger partial charge >= 0.3 is 5.97 Å². The molecular weight excluding hydrogens is 312 g/mol. The van der Waals surface area contributed by atoms with Gasteiger partial charge < -0.3 is 10.1 Å². The summed E-state index contributed by atoms with van der Waals surface area (Å²) in [4.78, 5) is 25.4. The number of hydrogen-bond acceptors (Lipinski definition) is 5. The van der Waals surface area contributed by atoms with Gasteiger partial charge in [0, 0.05) is 10.3 Å². The van der Waals surface area contributed by atoms with Crippen LogP contribution in [-0.4, -0.2) is 24.0 Å². The van der Waals surface area contributed by atoms with Crippen molar-refractivity contribution in [2.45, 2.75) is 51.0 Å². The number of rotatable bonds is 5. The van der Waals surface area contributed by atoms with Gasteiger partial charge in [0.25, 0.3) is 5.91 Å².